The highest BCUT2D eigenvalue weighted by Gasteiger charge is 2.62. The largest absolute Gasteiger partial charge is 0.444 e. The van der Waals surface area contributed by atoms with E-state index in [1.54, 1.807) is 12.1 Å². The minimum absolute atomic E-state index is 0.00682. The quantitative estimate of drug-likeness (QED) is 0.352. The highest BCUT2D eigenvalue weighted by molar-refractivity contribution is 7.91. The predicted octanol–water partition coefficient (Wildman–Crippen LogP) is 3.29. The van der Waals surface area contributed by atoms with Crippen molar-refractivity contribution in [2.24, 2.45) is 11.8 Å². The maximum absolute atomic E-state index is 14.4. The molecule has 53 heavy (non-hydrogen) atoms. The van der Waals surface area contributed by atoms with Gasteiger partial charge in [-0.25, -0.2) is 22.4 Å². The minimum Gasteiger partial charge on any atom is -0.444 e. The second kappa shape index (κ2) is 13.6. The molecule has 0 spiro atoms. The van der Waals surface area contributed by atoms with Crippen molar-refractivity contribution in [1.82, 2.24) is 25.2 Å². The number of allylic oxidation sites excluding steroid dienone is 1. The van der Waals surface area contributed by atoms with Gasteiger partial charge in [-0.1, -0.05) is 37.1 Å². The van der Waals surface area contributed by atoms with E-state index in [9.17, 15) is 36.8 Å². The molecule has 3 heterocycles. The lowest BCUT2D eigenvalue weighted by molar-refractivity contribution is -0.141. The normalized spacial score (nSPS) is 30.8. The summed E-state index contributed by atoms with van der Waals surface area (Å²) in [5.41, 5.74) is -0.969. The van der Waals surface area contributed by atoms with Gasteiger partial charge in [-0.2, -0.15) is 0 Å². The molecular weight excluding hydrogens is 709 g/mol. The Labute approximate surface area is 307 Å². The highest BCUT2D eigenvalue weighted by Crippen LogP contribution is 2.56. The first-order valence-electron chi connectivity index (χ1n) is 18.9. The van der Waals surface area contributed by atoms with Crippen LogP contribution >= 0.6 is 0 Å². The van der Waals surface area contributed by atoms with Crippen LogP contribution in [0.1, 0.15) is 94.6 Å². The zero-order valence-corrected chi connectivity index (χ0v) is 30.3. The molecule has 0 bridgehead atoms. The number of halogens is 1. The van der Waals surface area contributed by atoms with Crippen LogP contribution < -0.4 is 15.4 Å². The Hall–Kier alpha value is -4.21. The van der Waals surface area contributed by atoms with Crippen LogP contribution in [0, 0.1) is 17.7 Å². The third kappa shape index (κ3) is 7.35. The molecule has 1 aromatic rings. The first kappa shape index (κ1) is 35.8. The summed E-state index contributed by atoms with van der Waals surface area (Å²) in [5.74, 6) is -2.64. The molecular formula is C37H46FN5O9S. The van der Waals surface area contributed by atoms with E-state index in [1.165, 1.54) is 15.9 Å². The molecule has 5 amide bonds. The third-order valence-corrected chi connectivity index (χ3v) is 13.8. The standard InChI is InChI=1S/C37H46FN5O9S/c38-28-9-6-7-22-19-42(21-27(22)28)35(48)51-25-17-30-31(44)40-37(33(46)41-53(49,50)26-13-14-26)18-24(37)8-4-2-1-3-5-10-29(32(45)43(30)20-25)39-34(47)52-36(15-16-36)23-11-12-23/h4,6-9,23-26,29-30H,1-3,5,10-21H2,(H,39,47)(H,40,44)(H,41,46)/t24-,25-,29+,30+,37-/m1/s1. The van der Waals surface area contributed by atoms with Crippen molar-refractivity contribution in [3.8, 4) is 0 Å². The Bertz CT molecular complexity index is 1840. The number of nitrogens with zero attached hydrogens (tertiary/aromatic N) is 2. The van der Waals surface area contributed by atoms with Crippen LogP contribution in [0.25, 0.3) is 0 Å². The number of sulfonamides is 1. The first-order valence-corrected chi connectivity index (χ1v) is 20.5. The topological polar surface area (TPSA) is 181 Å². The lowest BCUT2D eigenvalue weighted by atomic mass is 10.0. The summed E-state index contributed by atoms with van der Waals surface area (Å²) in [5, 5.41) is 4.94. The van der Waals surface area contributed by atoms with Gasteiger partial charge in [0.05, 0.1) is 18.3 Å². The number of rotatable bonds is 7. The number of amides is 5. The Morgan fingerprint density at radius 2 is 1.79 bits per heavy atom. The van der Waals surface area contributed by atoms with E-state index in [-0.39, 0.29) is 38.9 Å². The van der Waals surface area contributed by atoms with E-state index < -0.39 is 86.2 Å². The molecule has 3 N–H and O–H groups in total. The van der Waals surface area contributed by atoms with Crippen molar-refractivity contribution in [2.45, 2.75) is 131 Å². The summed E-state index contributed by atoms with van der Waals surface area (Å²) in [6.45, 7) is -0.0273. The van der Waals surface area contributed by atoms with Crippen molar-refractivity contribution in [1.29, 1.82) is 0 Å². The molecule has 3 aliphatic heterocycles. The maximum atomic E-state index is 14.4. The SMILES string of the molecule is O=C(N[C@H]1CCCCCC=C[C@@H]2C[C@@]2(C(=O)NS(=O)(=O)C2CC2)NC(=O)[C@@H]2C[C@@H](OC(=O)N3Cc4cccc(F)c4C3)CN2C1=O)OC1(C2CC2)CC1. The van der Waals surface area contributed by atoms with Crippen molar-refractivity contribution in [3.05, 3.63) is 47.3 Å². The van der Waals surface area contributed by atoms with Gasteiger partial charge in [0.1, 0.15) is 35.1 Å². The Balaban J connectivity index is 1.03. The van der Waals surface area contributed by atoms with E-state index in [2.05, 4.69) is 15.4 Å². The van der Waals surface area contributed by atoms with Gasteiger partial charge < -0.3 is 25.0 Å². The minimum atomic E-state index is -3.92. The van der Waals surface area contributed by atoms with Crippen LogP contribution in [0.2, 0.25) is 0 Å². The summed E-state index contributed by atoms with van der Waals surface area (Å²) < 4.78 is 53.9. The fourth-order valence-electron chi connectivity index (χ4n) is 8.26. The molecule has 4 aliphatic carbocycles. The lowest BCUT2D eigenvalue weighted by Crippen LogP contribution is -2.58. The molecule has 1 saturated heterocycles. The van der Waals surface area contributed by atoms with Gasteiger partial charge in [0.2, 0.25) is 21.8 Å². The van der Waals surface area contributed by atoms with E-state index >= 15 is 0 Å². The smallest absolute Gasteiger partial charge is 0.410 e. The fourth-order valence-corrected chi connectivity index (χ4v) is 9.62. The molecule has 14 nitrogen and oxygen atoms in total. The average molecular weight is 756 g/mol. The van der Waals surface area contributed by atoms with E-state index in [4.69, 9.17) is 9.47 Å². The molecule has 8 rings (SSSR count). The van der Waals surface area contributed by atoms with E-state index in [0.29, 0.717) is 42.7 Å². The van der Waals surface area contributed by atoms with Crippen molar-refractivity contribution in [2.75, 3.05) is 6.54 Å². The van der Waals surface area contributed by atoms with Gasteiger partial charge in [-0.3, -0.25) is 24.0 Å². The monoisotopic (exact) mass is 755 g/mol. The average Bonchev–Trinajstić information content (AvgIpc) is 3.91. The molecule has 7 aliphatic rings. The number of benzene rings is 1. The van der Waals surface area contributed by atoms with Gasteiger partial charge in [0.25, 0.3) is 5.91 Å². The maximum Gasteiger partial charge on any atom is 0.410 e. The Kier molecular flexibility index (Phi) is 9.17. The number of carbonyl (C=O) groups excluding carboxylic acids is 5. The van der Waals surface area contributed by atoms with Crippen LogP contribution in [-0.4, -0.2) is 89.2 Å². The van der Waals surface area contributed by atoms with Crippen molar-refractivity contribution in [3.63, 3.8) is 0 Å². The van der Waals surface area contributed by atoms with Crippen LogP contribution in [0.5, 0.6) is 0 Å². The molecule has 1 aromatic carbocycles. The molecule has 16 heteroatoms. The number of fused-ring (bicyclic) bond motifs is 3. The van der Waals surface area contributed by atoms with E-state index in [0.717, 1.165) is 38.5 Å². The molecule has 286 valence electrons. The van der Waals surface area contributed by atoms with Crippen molar-refractivity contribution < 1.29 is 46.3 Å². The second-order valence-corrected chi connectivity index (χ2v) is 17.9. The first-order chi connectivity index (χ1) is 25.4. The predicted molar refractivity (Wildman–Crippen MR) is 185 cm³/mol. The van der Waals surface area contributed by atoms with Crippen LogP contribution in [0.4, 0.5) is 14.0 Å². The molecule has 5 fully saturated rings. The van der Waals surface area contributed by atoms with Crippen LogP contribution in [0.15, 0.2) is 30.4 Å². The highest BCUT2D eigenvalue weighted by atomic mass is 32.2. The number of hydrogen-bond donors (Lipinski definition) is 3. The summed E-state index contributed by atoms with van der Waals surface area (Å²) in [4.78, 5) is 71.6. The zero-order valence-electron chi connectivity index (χ0n) is 29.5. The third-order valence-electron chi connectivity index (χ3n) is 11.9. The second-order valence-electron chi connectivity index (χ2n) is 15.9. The molecule has 0 radical (unpaired) electrons. The molecule has 0 unspecified atom stereocenters. The van der Waals surface area contributed by atoms with Gasteiger partial charge in [-0.05, 0) is 81.8 Å². The Morgan fingerprint density at radius 3 is 2.51 bits per heavy atom. The van der Waals surface area contributed by atoms with Gasteiger partial charge in [0.15, 0.2) is 0 Å². The number of carbonyl (C=O) groups is 5. The lowest BCUT2D eigenvalue weighted by Gasteiger charge is -2.30. The zero-order chi connectivity index (χ0) is 37.1. The molecule has 4 saturated carbocycles. The fraction of sp³-hybridized carbons (Fsp3) is 0.649. The van der Waals surface area contributed by atoms with Crippen LogP contribution in [-0.2, 0) is 47.0 Å². The summed E-state index contributed by atoms with van der Waals surface area (Å²) in [6.07, 6.45) is 9.00. The van der Waals surface area contributed by atoms with Gasteiger partial charge in [-0.15, -0.1) is 0 Å². The number of ether oxygens (including phenoxy) is 2. The summed E-state index contributed by atoms with van der Waals surface area (Å²) >= 11 is 0. The summed E-state index contributed by atoms with van der Waals surface area (Å²) in [7, 11) is -3.92. The summed E-state index contributed by atoms with van der Waals surface area (Å²) in [6, 6.07) is 2.38. The van der Waals surface area contributed by atoms with E-state index in [1.807, 2.05) is 12.2 Å². The number of hydrogen-bond acceptors (Lipinski definition) is 9. The van der Waals surface area contributed by atoms with Crippen LogP contribution in [0.3, 0.4) is 0 Å². The number of nitrogens with one attached hydrogen (secondary N) is 3. The Morgan fingerprint density at radius 1 is 1.00 bits per heavy atom. The van der Waals surface area contributed by atoms with Crippen molar-refractivity contribution >= 4 is 39.9 Å². The molecule has 0 aromatic heterocycles. The van der Waals surface area contributed by atoms with Gasteiger partial charge in [0, 0.05) is 24.4 Å². The molecule has 5 atom stereocenters. The number of alkyl carbamates (subject to hydrolysis) is 1. The van der Waals surface area contributed by atoms with Gasteiger partial charge >= 0.3 is 12.2 Å².